The van der Waals surface area contributed by atoms with Gasteiger partial charge in [0.15, 0.2) is 8.32 Å². The minimum absolute atomic E-state index is 0.468. The van der Waals surface area contributed by atoms with Crippen molar-refractivity contribution in [3.63, 3.8) is 0 Å². The molecule has 0 amide bonds. The first-order valence-electron chi connectivity index (χ1n) is 4.88. The zero-order valence-electron chi connectivity index (χ0n) is 10.4. The Morgan fingerprint density at radius 2 is 1.43 bits per heavy atom. The molecule has 0 aliphatic rings. The van der Waals surface area contributed by atoms with Gasteiger partial charge in [0.1, 0.15) is 11.2 Å². The SMILES string of the molecule is CC(C)(O)C#CC(C)(C)O[Si](C)(C)C. The van der Waals surface area contributed by atoms with Crippen molar-refractivity contribution in [1.29, 1.82) is 0 Å². The summed E-state index contributed by atoms with van der Waals surface area (Å²) in [7, 11) is -1.57. The summed E-state index contributed by atoms with van der Waals surface area (Å²) in [5.41, 5.74) is -1.41. The van der Waals surface area contributed by atoms with Gasteiger partial charge in [0, 0.05) is 0 Å². The zero-order chi connectivity index (χ0) is 11.6. The van der Waals surface area contributed by atoms with E-state index in [0.29, 0.717) is 0 Å². The maximum atomic E-state index is 9.46. The molecular formula is C11H22O2Si. The third-order valence-electron chi connectivity index (χ3n) is 1.23. The van der Waals surface area contributed by atoms with E-state index in [9.17, 15) is 5.11 Å². The number of hydrogen-bond acceptors (Lipinski definition) is 2. The molecule has 0 heterocycles. The monoisotopic (exact) mass is 214 g/mol. The van der Waals surface area contributed by atoms with Gasteiger partial charge in [0.2, 0.25) is 0 Å². The van der Waals surface area contributed by atoms with Crippen LogP contribution in [-0.4, -0.2) is 24.6 Å². The molecule has 0 atom stereocenters. The van der Waals surface area contributed by atoms with Crippen LogP contribution >= 0.6 is 0 Å². The van der Waals surface area contributed by atoms with Crippen molar-refractivity contribution >= 4 is 8.32 Å². The van der Waals surface area contributed by atoms with Crippen LogP contribution in [0.25, 0.3) is 0 Å². The van der Waals surface area contributed by atoms with Crippen LogP contribution in [0.3, 0.4) is 0 Å². The van der Waals surface area contributed by atoms with Crippen molar-refractivity contribution in [2.24, 2.45) is 0 Å². The fourth-order valence-electron chi connectivity index (χ4n) is 1.09. The molecule has 0 unspecified atom stereocenters. The lowest BCUT2D eigenvalue weighted by molar-refractivity contribution is 0.138. The molecule has 0 aliphatic carbocycles. The van der Waals surface area contributed by atoms with Crippen LogP contribution < -0.4 is 0 Å². The lowest BCUT2D eigenvalue weighted by Crippen LogP contribution is -2.37. The summed E-state index contributed by atoms with van der Waals surface area (Å²) in [5, 5.41) is 9.46. The van der Waals surface area contributed by atoms with Gasteiger partial charge in [0.05, 0.1) is 0 Å². The molecule has 0 bridgehead atoms. The Hall–Kier alpha value is -0.303. The van der Waals surface area contributed by atoms with Gasteiger partial charge in [-0.15, -0.1) is 0 Å². The Kier molecular flexibility index (Phi) is 3.97. The smallest absolute Gasteiger partial charge is 0.185 e. The summed E-state index contributed by atoms with van der Waals surface area (Å²) >= 11 is 0. The van der Waals surface area contributed by atoms with Crippen LogP contribution in [0.15, 0.2) is 0 Å². The second kappa shape index (κ2) is 4.06. The molecular weight excluding hydrogens is 192 g/mol. The second-order valence-corrected chi connectivity index (χ2v) is 9.96. The van der Waals surface area contributed by atoms with Crippen molar-refractivity contribution in [1.82, 2.24) is 0 Å². The number of aliphatic hydroxyl groups is 1. The largest absolute Gasteiger partial charge is 0.402 e. The molecule has 1 N–H and O–H groups in total. The highest BCUT2D eigenvalue weighted by atomic mass is 28.4. The van der Waals surface area contributed by atoms with Crippen LogP contribution in [0.1, 0.15) is 27.7 Å². The quantitative estimate of drug-likeness (QED) is 0.565. The molecule has 0 aliphatic heterocycles. The van der Waals surface area contributed by atoms with Crippen LogP contribution in [0.4, 0.5) is 0 Å². The average molecular weight is 214 g/mol. The lowest BCUT2D eigenvalue weighted by Gasteiger charge is -2.28. The van der Waals surface area contributed by atoms with Crippen molar-refractivity contribution in [3.8, 4) is 11.8 Å². The molecule has 0 aromatic heterocycles. The van der Waals surface area contributed by atoms with Crippen LogP contribution in [0.2, 0.25) is 19.6 Å². The van der Waals surface area contributed by atoms with E-state index in [-0.39, 0.29) is 0 Å². The van der Waals surface area contributed by atoms with Crippen LogP contribution in [-0.2, 0) is 4.43 Å². The molecule has 0 saturated carbocycles. The van der Waals surface area contributed by atoms with Gasteiger partial charge < -0.3 is 9.53 Å². The van der Waals surface area contributed by atoms with Crippen LogP contribution in [0.5, 0.6) is 0 Å². The molecule has 14 heavy (non-hydrogen) atoms. The van der Waals surface area contributed by atoms with E-state index in [4.69, 9.17) is 4.43 Å². The first kappa shape index (κ1) is 13.7. The molecule has 0 saturated heterocycles. The summed E-state index contributed by atoms with van der Waals surface area (Å²) in [6, 6.07) is 0. The highest BCUT2D eigenvalue weighted by Gasteiger charge is 2.25. The Morgan fingerprint density at radius 1 is 1.00 bits per heavy atom. The number of hydrogen-bond donors (Lipinski definition) is 1. The summed E-state index contributed by atoms with van der Waals surface area (Å²) in [6.45, 7) is 13.6. The van der Waals surface area contributed by atoms with Crippen molar-refractivity contribution in [3.05, 3.63) is 0 Å². The van der Waals surface area contributed by atoms with Gasteiger partial charge >= 0.3 is 0 Å². The fraction of sp³-hybridized carbons (Fsp3) is 0.818. The second-order valence-electron chi connectivity index (χ2n) is 5.53. The minimum Gasteiger partial charge on any atom is -0.402 e. The summed E-state index contributed by atoms with van der Waals surface area (Å²) in [6.07, 6.45) is 0. The highest BCUT2D eigenvalue weighted by Crippen LogP contribution is 2.16. The third-order valence-corrected chi connectivity index (χ3v) is 2.35. The molecule has 2 nitrogen and oxygen atoms in total. The highest BCUT2D eigenvalue weighted by molar-refractivity contribution is 6.69. The number of rotatable bonds is 2. The maximum absolute atomic E-state index is 9.46. The molecule has 0 rings (SSSR count). The summed E-state index contributed by atoms with van der Waals surface area (Å²) < 4.78 is 5.87. The zero-order valence-corrected chi connectivity index (χ0v) is 11.4. The van der Waals surface area contributed by atoms with E-state index in [2.05, 4.69) is 31.5 Å². The minimum atomic E-state index is -1.57. The van der Waals surface area contributed by atoms with Gasteiger partial charge in [-0.05, 0) is 47.3 Å². The van der Waals surface area contributed by atoms with Gasteiger partial charge in [-0.3, -0.25) is 0 Å². The third kappa shape index (κ3) is 8.30. The predicted octanol–water partition coefficient (Wildman–Crippen LogP) is 2.39. The normalized spacial score (nSPS) is 13.4. The van der Waals surface area contributed by atoms with E-state index in [1.165, 1.54) is 0 Å². The van der Waals surface area contributed by atoms with E-state index < -0.39 is 19.5 Å². The molecule has 0 fully saturated rings. The van der Waals surface area contributed by atoms with Gasteiger partial charge in [-0.1, -0.05) is 11.8 Å². The Balaban J connectivity index is 4.55. The van der Waals surface area contributed by atoms with Crippen molar-refractivity contribution in [2.45, 2.75) is 58.5 Å². The Labute approximate surface area is 88.8 Å². The Morgan fingerprint density at radius 3 is 1.71 bits per heavy atom. The van der Waals surface area contributed by atoms with Gasteiger partial charge in [-0.25, -0.2) is 0 Å². The molecule has 0 spiro atoms. The first-order chi connectivity index (χ1) is 5.91. The van der Waals surface area contributed by atoms with Crippen molar-refractivity contribution < 1.29 is 9.53 Å². The standard InChI is InChI=1S/C11H22O2Si/c1-10(2,12)8-9-11(3,4)13-14(5,6)7/h12H,1-7H3. The maximum Gasteiger partial charge on any atom is 0.185 e. The van der Waals surface area contributed by atoms with E-state index in [1.54, 1.807) is 13.8 Å². The molecule has 82 valence electrons. The van der Waals surface area contributed by atoms with E-state index in [0.717, 1.165) is 0 Å². The van der Waals surface area contributed by atoms with Gasteiger partial charge in [0.25, 0.3) is 0 Å². The molecule has 0 radical (unpaired) electrons. The Bertz CT molecular complexity index is 245. The molecule has 3 heteroatoms. The average Bonchev–Trinajstić information content (AvgIpc) is 1.76. The lowest BCUT2D eigenvalue weighted by atomic mass is 10.1. The predicted molar refractivity (Wildman–Crippen MR) is 62.6 cm³/mol. The van der Waals surface area contributed by atoms with Crippen molar-refractivity contribution in [2.75, 3.05) is 0 Å². The topological polar surface area (TPSA) is 29.5 Å². The first-order valence-corrected chi connectivity index (χ1v) is 8.29. The molecule has 0 aromatic carbocycles. The molecule has 0 aromatic rings. The van der Waals surface area contributed by atoms with Gasteiger partial charge in [-0.2, -0.15) is 0 Å². The summed E-state index contributed by atoms with van der Waals surface area (Å²) in [5.74, 6) is 5.76. The van der Waals surface area contributed by atoms with E-state index in [1.807, 2.05) is 13.8 Å². The summed E-state index contributed by atoms with van der Waals surface area (Å²) in [4.78, 5) is 0. The van der Waals surface area contributed by atoms with E-state index >= 15 is 0 Å². The van der Waals surface area contributed by atoms with Crippen LogP contribution in [0, 0.1) is 11.8 Å². The fourth-order valence-corrected chi connectivity index (χ4v) is 2.68.